The first-order valence-corrected chi connectivity index (χ1v) is 12.7. The molecule has 1 aromatic heterocycles. The molecule has 1 amide bonds. The van der Waals surface area contributed by atoms with E-state index in [0.29, 0.717) is 16.5 Å². The van der Waals surface area contributed by atoms with Gasteiger partial charge in [0.05, 0.1) is 17.1 Å². The van der Waals surface area contributed by atoms with Gasteiger partial charge in [-0.25, -0.2) is 9.97 Å². The fourth-order valence-electron chi connectivity index (χ4n) is 4.25. The van der Waals surface area contributed by atoms with Gasteiger partial charge in [0.1, 0.15) is 0 Å². The zero-order valence-corrected chi connectivity index (χ0v) is 21.2. The first-order chi connectivity index (χ1) is 16.5. The van der Waals surface area contributed by atoms with Crippen molar-refractivity contribution in [3.05, 3.63) is 64.3 Å². The number of carbonyl (C=O) groups is 1. The van der Waals surface area contributed by atoms with Gasteiger partial charge in [-0.05, 0) is 43.5 Å². The molecule has 5 nitrogen and oxygen atoms in total. The van der Waals surface area contributed by atoms with E-state index in [1.54, 1.807) is 5.01 Å². The number of unbranched alkanes of at least 4 members (excludes halogenated alkanes) is 3. The topological polar surface area (TPSA) is 49.3 Å². The van der Waals surface area contributed by atoms with Crippen molar-refractivity contribution in [2.24, 2.45) is 0 Å². The van der Waals surface area contributed by atoms with E-state index in [9.17, 15) is 4.79 Å². The predicted octanol–water partition coefficient (Wildman–Crippen LogP) is 7.21. The summed E-state index contributed by atoms with van der Waals surface area (Å²) in [5, 5.41) is 5.05. The summed E-state index contributed by atoms with van der Waals surface area (Å²) in [5.74, 6) is 0.860. The van der Waals surface area contributed by atoms with Crippen molar-refractivity contribution in [1.82, 2.24) is 15.0 Å². The fraction of sp³-hybridized carbons (Fsp3) is 0.370. The van der Waals surface area contributed by atoms with Crippen molar-refractivity contribution in [3.63, 3.8) is 0 Å². The molecule has 0 spiro atoms. The summed E-state index contributed by atoms with van der Waals surface area (Å²) >= 11 is 12.3. The number of carbonyl (C=O) groups excluding carboxylic acids is 1. The number of benzene rings is 2. The molecule has 0 unspecified atom stereocenters. The average molecular weight is 497 g/mol. The van der Waals surface area contributed by atoms with Crippen LogP contribution in [0.2, 0.25) is 10.0 Å². The molecule has 0 N–H and O–H groups in total. The van der Waals surface area contributed by atoms with Crippen molar-refractivity contribution < 1.29 is 4.79 Å². The van der Waals surface area contributed by atoms with Gasteiger partial charge in [-0.1, -0.05) is 73.7 Å². The summed E-state index contributed by atoms with van der Waals surface area (Å²) < 4.78 is 0. The highest BCUT2D eigenvalue weighted by atomic mass is 35.5. The first kappa shape index (κ1) is 24.5. The van der Waals surface area contributed by atoms with Crippen LogP contribution in [0, 0.1) is 0 Å². The van der Waals surface area contributed by atoms with Crippen LogP contribution in [0.5, 0.6) is 0 Å². The first-order valence-electron chi connectivity index (χ1n) is 11.9. The Bertz CT molecular complexity index is 1130. The second-order valence-corrected chi connectivity index (χ2v) is 9.53. The van der Waals surface area contributed by atoms with Crippen molar-refractivity contribution in [2.45, 2.75) is 51.9 Å². The van der Waals surface area contributed by atoms with E-state index in [-0.39, 0.29) is 5.91 Å². The zero-order valence-electron chi connectivity index (χ0n) is 19.7. The third kappa shape index (κ3) is 5.53. The number of halogens is 2. The number of aryl methyl sites for hydroxylation is 1. The highest BCUT2D eigenvalue weighted by molar-refractivity contribution is 6.31. The van der Waals surface area contributed by atoms with Gasteiger partial charge in [0, 0.05) is 41.2 Å². The van der Waals surface area contributed by atoms with E-state index >= 15 is 0 Å². The number of hydrazine groups is 1. The lowest BCUT2D eigenvalue weighted by Crippen LogP contribution is -2.47. The number of anilines is 1. The molecule has 0 bridgehead atoms. The highest BCUT2D eigenvalue weighted by Gasteiger charge is 2.28. The summed E-state index contributed by atoms with van der Waals surface area (Å²) in [5.41, 5.74) is 4.33. The molecule has 0 saturated heterocycles. The summed E-state index contributed by atoms with van der Waals surface area (Å²) in [6.07, 6.45) is 6.58. The molecule has 178 valence electrons. The van der Waals surface area contributed by atoms with Crippen molar-refractivity contribution in [3.8, 4) is 22.5 Å². The molecular weight excluding hydrogens is 467 g/mol. The second-order valence-electron chi connectivity index (χ2n) is 8.66. The molecule has 34 heavy (non-hydrogen) atoms. The number of rotatable bonds is 8. The Hall–Kier alpha value is -2.63. The lowest BCUT2D eigenvalue weighted by Gasteiger charge is -2.37. The number of hydrogen-bond acceptors (Lipinski definition) is 4. The maximum absolute atomic E-state index is 12.9. The van der Waals surface area contributed by atoms with Gasteiger partial charge in [-0.2, -0.15) is 0 Å². The van der Waals surface area contributed by atoms with Gasteiger partial charge in [0.15, 0.2) is 5.82 Å². The summed E-state index contributed by atoms with van der Waals surface area (Å²) in [7, 11) is 1.84. The number of fused-ring (bicyclic) bond motifs is 1. The van der Waals surface area contributed by atoms with Gasteiger partial charge in [-0.15, -0.1) is 0 Å². The minimum atomic E-state index is 0.112. The minimum Gasteiger partial charge on any atom is -0.273 e. The summed E-state index contributed by atoms with van der Waals surface area (Å²) in [6, 6.07) is 15.3. The Morgan fingerprint density at radius 3 is 2.09 bits per heavy atom. The quantitative estimate of drug-likeness (QED) is 0.309. The van der Waals surface area contributed by atoms with E-state index in [4.69, 9.17) is 33.2 Å². The Morgan fingerprint density at radius 2 is 1.50 bits per heavy atom. The molecule has 2 aromatic carbocycles. The maximum atomic E-state index is 12.9. The lowest BCUT2D eigenvalue weighted by molar-refractivity contribution is -0.130. The number of nitrogens with zero attached hydrogens (tertiary/aromatic N) is 4. The number of aromatic nitrogens is 2. The molecule has 0 fully saturated rings. The third-order valence-electron chi connectivity index (χ3n) is 6.18. The monoisotopic (exact) mass is 496 g/mol. The molecule has 2 heterocycles. The second kappa shape index (κ2) is 11.2. The summed E-state index contributed by atoms with van der Waals surface area (Å²) in [6.45, 7) is 2.91. The van der Waals surface area contributed by atoms with E-state index < -0.39 is 0 Å². The van der Waals surface area contributed by atoms with E-state index in [0.717, 1.165) is 79.1 Å². The molecule has 4 rings (SSSR count). The van der Waals surface area contributed by atoms with Crippen LogP contribution in [0.15, 0.2) is 48.5 Å². The van der Waals surface area contributed by atoms with Crippen molar-refractivity contribution >= 4 is 34.9 Å². The van der Waals surface area contributed by atoms with Crippen LogP contribution >= 0.6 is 23.2 Å². The van der Waals surface area contributed by atoms with Crippen molar-refractivity contribution in [1.29, 1.82) is 0 Å². The predicted molar refractivity (Wildman–Crippen MR) is 140 cm³/mol. The van der Waals surface area contributed by atoms with Crippen LogP contribution in [-0.2, 0) is 11.2 Å². The van der Waals surface area contributed by atoms with E-state index in [1.165, 1.54) is 0 Å². The highest BCUT2D eigenvalue weighted by Crippen LogP contribution is 2.35. The minimum absolute atomic E-state index is 0.112. The largest absolute Gasteiger partial charge is 0.273 e. The smallest absolute Gasteiger partial charge is 0.240 e. The Balaban J connectivity index is 1.73. The standard InChI is InChI=1S/C27H30Cl2N4O/c1-3-4-5-6-9-24(34)32(2)33-18-7-8-23-27(33)31-26(20-12-16-22(29)17-13-20)25(30-23)19-10-14-21(28)15-11-19/h10-17H,3-9,18H2,1-2H3. The number of amides is 1. The van der Waals surface area contributed by atoms with Crippen molar-refractivity contribution in [2.75, 3.05) is 18.6 Å². The SMILES string of the molecule is CCCCCCC(=O)N(C)N1CCCc2nc(-c3ccc(Cl)cc3)c(-c3ccc(Cl)cc3)nc21. The van der Waals surface area contributed by atoms with Gasteiger partial charge in [0.2, 0.25) is 5.91 Å². The van der Waals surface area contributed by atoms with Gasteiger partial charge in [0.25, 0.3) is 0 Å². The lowest BCUT2D eigenvalue weighted by atomic mass is 10.0. The number of hydrogen-bond donors (Lipinski definition) is 0. The molecule has 0 aliphatic carbocycles. The van der Waals surface area contributed by atoms with Gasteiger partial charge >= 0.3 is 0 Å². The van der Waals surface area contributed by atoms with Gasteiger partial charge in [-0.3, -0.25) is 14.8 Å². The average Bonchev–Trinajstić information content (AvgIpc) is 2.86. The van der Waals surface area contributed by atoms with Crippen LogP contribution in [0.25, 0.3) is 22.5 Å². The molecule has 0 atom stereocenters. The summed E-state index contributed by atoms with van der Waals surface area (Å²) in [4.78, 5) is 23.1. The van der Waals surface area contributed by atoms with Gasteiger partial charge < -0.3 is 0 Å². The van der Waals surface area contributed by atoms with Crippen LogP contribution in [-0.4, -0.2) is 34.5 Å². The third-order valence-corrected chi connectivity index (χ3v) is 6.68. The van der Waals surface area contributed by atoms with E-state index in [1.807, 2.05) is 60.6 Å². The van der Waals surface area contributed by atoms with Crippen LogP contribution in [0.3, 0.4) is 0 Å². The van der Waals surface area contributed by atoms with Crippen LogP contribution in [0.4, 0.5) is 5.82 Å². The molecule has 0 saturated carbocycles. The zero-order chi connectivity index (χ0) is 24.1. The Labute approximate surface area is 211 Å². The fourth-order valence-corrected chi connectivity index (χ4v) is 4.50. The molecule has 3 aromatic rings. The molecule has 1 aliphatic heterocycles. The molecule has 7 heteroatoms. The van der Waals surface area contributed by atoms with Crippen LogP contribution < -0.4 is 5.01 Å². The normalized spacial score (nSPS) is 13.0. The molecule has 1 aliphatic rings. The maximum Gasteiger partial charge on any atom is 0.240 e. The Kier molecular flexibility index (Phi) is 8.07. The molecular formula is C27H30Cl2N4O. The van der Waals surface area contributed by atoms with Crippen LogP contribution in [0.1, 0.15) is 51.1 Å². The Morgan fingerprint density at radius 1 is 0.912 bits per heavy atom. The molecule has 0 radical (unpaired) electrons. The van der Waals surface area contributed by atoms with E-state index in [2.05, 4.69) is 6.92 Å².